The highest BCUT2D eigenvalue weighted by Gasteiger charge is 2.45. The number of nitrogens with one attached hydrogen (secondary N) is 1. The molecule has 0 unspecified atom stereocenters. The summed E-state index contributed by atoms with van der Waals surface area (Å²) in [5.74, 6) is 1.67. The molecule has 1 amide bonds. The number of piperazine rings is 1. The van der Waals surface area contributed by atoms with E-state index in [1.54, 1.807) is 6.20 Å². The molecule has 0 saturated carbocycles. The lowest BCUT2D eigenvalue weighted by atomic mass is 10.2. The first kappa shape index (κ1) is 20.3. The molecule has 2 bridgehead atoms. The smallest absolute Gasteiger partial charge is 0.279 e. The number of hydrogen-bond acceptors (Lipinski definition) is 6. The number of hydrogen-bond donors (Lipinski definition) is 1. The van der Waals surface area contributed by atoms with Gasteiger partial charge in [0.25, 0.3) is 11.1 Å². The summed E-state index contributed by atoms with van der Waals surface area (Å²) in [5.41, 5.74) is 1.62. The number of carbonyl (C=O) groups is 1. The molecule has 2 aliphatic rings. The number of rotatable bonds is 7. The fraction of sp³-hybridized carbons (Fsp3) is 0.280. The second-order valence-corrected chi connectivity index (χ2v) is 9.44. The largest absolute Gasteiger partial charge is 0.492 e. The molecule has 2 aliphatic heterocycles. The Morgan fingerprint density at radius 2 is 1.88 bits per heavy atom. The van der Waals surface area contributed by atoms with Gasteiger partial charge in [0.2, 0.25) is 0 Å². The first-order chi connectivity index (χ1) is 16.2. The van der Waals surface area contributed by atoms with Crippen molar-refractivity contribution in [3.05, 3.63) is 72.6 Å². The van der Waals surface area contributed by atoms with Crippen LogP contribution >= 0.6 is 11.3 Å². The fourth-order valence-electron chi connectivity index (χ4n) is 4.77. The molecule has 2 aromatic heterocycles. The van der Waals surface area contributed by atoms with Crippen molar-refractivity contribution in [1.29, 1.82) is 0 Å². The number of benzene rings is 2. The topological polar surface area (TPSA) is 70.7 Å². The van der Waals surface area contributed by atoms with Gasteiger partial charge in [-0.1, -0.05) is 23.5 Å². The maximum absolute atomic E-state index is 12.6. The molecule has 33 heavy (non-hydrogen) atoms. The molecule has 0 aliphatic carbocycles. The number of aromatic nitrogens is 2. The molecular weight excluding hydrogens is 436 g/mol. The number of fused-ring (bicyclic) bond motifs is 3. The molecule has 6 rings (SSSR count). The lowest BCUT2D eigenvalue weighted by Crippen LogP contribution is -2.49. The SMILES string of the molecule is O=C(c1ccc[nH]1)N1C[C@H]2C[C@H]1CN2CCOc1ccc(Oc2nc3ccccc3s2)cc1. The monoisotopic (exact) mass is 460 g/mol. The maximum Gasteiger partial charge on any atom is 0.279 e. The molecule has 4 heterocycles. The van der Waals surface area contributed by atoms with Crippen LogP contribution in [-0.2, 0) is 0 Å². The van der Waals surface area contributed by atoms with Crippen molar-refractivity contribution in [3.63, 3.8) is 0 Å². The second kappa shape index (κ2) is 8.53. The molecule has 2 aromatic carbocycles. The predicted octanol–water partition coefficient (Wildman–Crippen LogP) is 4.39. The van der Waals surface area contributed by atoms with Crippen LogP contribution in [0.1, 0.15) is 16.9 Å². The van der Waals surface area contributed by atoms with Gasteiger partial charge in [0, 0.05) is 37.9 Å². The van der Waals surface area contributed by atoms with Crippen molar-refractivity contribution in [1.82, 2.24) is 19.8 Å². The number of amides is 1. The number of thiazole rings is 1. The van der Waals surface area contributed by atoms with E-state index in [4.69, 9.17) is 9.47 Å². The van der Waals surface area contributed by atoms with Gasteiger partial charge in [-0.25, -0.2) is 4.98 Å². The van der Waals surface area contributed by atoms with Gasteiger partial charge in [-0.2, -0.15) is 0 Å². The molecule has 2 atom stereocenters. The minimum absolute atomic E-state index is 0.108. The summed E-state index contributed by atoms with van der Waals surface area (Å²) in [6.07, 6.45) is 2.84. The number of H-pyrrole nitrogens is 1. The van der Waals surface area contributed by atoms with Gasteiger partial charge in [-0.05, 0) is 55.0 Å². The van der Waals surface area contributed by atoms with Crippen LogP contribution in [0.3, 0.4) is 0 Å². The minimum atomic E-state index is 0.108. The van der Waals surface area contributed by atoms with E-state index in [1.807, 2.05) is 65.6 Å². The number of para-hydroxylation sites is 1. The molecule has 8 heteroatoms. The third-order valence-electron chi connectivity index (χ3n) is 6.39. The van der Waals surface area contributed by atoms with Crippen LogP contribution in [0.2, 0.25) is 0 Å². The molecule has 1 N–H and O–H groups in total. The van der Waals surface area contributed by atoms with Crippen molar-refractivity contribution < 1.29 is 14.3 Å². The summed E-state index contributed by atoms with van der Waals surface area (Å²) >= 11 is 1.53. The highest BCUT2D eigenvalue weighted by Crippen LogP contribution is 2.33. The number of ether oxygens (including phenoxy) is 2. The fourth-order valence-corrected chi connectivity index (χ4v) is 5.61. The van der Waals surface area contributed by atoms with Gasteiger partial charge >= 0.3 is 0 Å². The zero-order valence-corrected chi connectivity index (χ0v) is 18.8. The number of aromatic amines is 1. The Bertz CT molecular complexity index is 1220. The highest BCUT2D eigenvalue weighted by molar-refractivity contribution is 7.20. The van der Waals surface area contributed by atoms with Gasteiger partial charge < -0.3 is 19.4 Å². The van der Waals surface area contributed by atoms with Crippen molar-refractivity contribution in [2.75, 3.05) is 26.2 Å². The first-order valence-corrected chi connectivity index (χ1v) is 12.0. The summed E-state index contributed by atoms with van der Waals surface area (Å²) in [4.78, 5) is 24.6. The Balaban J connectivity index is 0.982. The zero-order chi connectivity index (χ0) is 22.2. The number of nitrogens with zero attached hydrogens (tertiary/aromatic N) is 3. The van der Waals surface area contributed by atoms with Crippen LogP contribution in [0.4, 0.5) is 0 Å². The third-order valence-corrected chi connectivity index (χ3v) is 7.31. The van der Waals surface area contributed by atoms with Gasteiger partial charge in [-0.3, -0.25) is 9.69 Å². The van der Waals surface area contributed by atoms with Crippen LogP contribution < -0.4 is 9.47 Å². The zero-order valence-electron chi connectivity index (χ0n) is 18.0. The molecule has 0 radical (unpaired) electrons. The minimum Gasteiger partial charge on any atom is -0.492 e. The number of likely N-dealkylation sites (tertiary alicyclic amines) is 2. The third kappa shape index (κ3) is 4.07. The van der Waals surface area contributed by atoms with Crippen molar-refractivity contribution in [2.45, 2.75) is 18.5 Å². The van der Waals surface area contributed by atoms with E-state index in [2.05, 4.69) is 14.9 Å². The second-order valence-electron chi connectivity index (χ2n) is 8.45. The van der Waals surface area contributed by atoms with E-state index in [1.165, 1.54) is 11.3 Å². The summed E-state index contributed by atoms with van der Waals surface area (Å²) in [5, 5.41) is 0.637. The van der Waals surface area contributed by atoms with Crippen LogP contribution in [-0.4, -0.2) is 64.0 Å². The van der Waals surface area contributed by atoms with Crippen molar-refractivity contribution in [2.24, 2.45) is 0 Å². The summed E-state index contributed by atoms with van der Waals surface area (Å²) in [6, 6.07) is 20.1. The van der Waals surface area contributed by atoms with Gasteiger partial charge in [0.05, 0.1) is 10.2 Å². The Morgan fingerprint density at radius 1 is 1.03 bits per heavy atom. The van der Waals surface area contributed by atoms with Crippen molar-refractivity contribution >= 4 is 27.5 Å². The molecule has 168 valence electrons. The van der Waals surface area contributed by atoms with E-state index in [9.17, 15) is 4.79 Å². The van der Waals surface area contributed by atoms with Crippen molar-refractivity contribution in [3.8, 4) is 16.7 Å². The molecule has 0 spiro atoms. The standard InChI is InChI=1S/C25H24N4O3S/c30-24(22-5-3-11-26-22)29-16-17-14-18(29)15-28(17)12-13-31-19-7-9-20(10-8-19)32-25-27-21-4-1-2-6-23(21)33-25/h1-11,17-18,26H,12-16H2/t17-,18+/m1/s1. The predicted molar refractivity (Wildman–Crippen MR) is 127 cm³/mol. The Hall–Kier alpha value is -3.36. The molecule has 4 aromatic rings. The van der Waals surface area contributed by atoms with E-state index >= 15 is 0 Å². The summed E-state index contributed by atoms with van der Waals surface area (Å²) in [6.45, 7) is 3.18. The Labute approximate surface area is 195 Å². The van der Waals surface area contributed by atoms with Crippen LogP contribution in [0.25, 0.3) is 10.2 Å². The van der Waals surface area contributed by atoms with E-state index in [0.29, 0.717) is 29.6 Å². The van der Waals surface area contributed by atoms with Crippen LogP contribution in [0.15, 0.2) is 66.9 Å². The van der Waals surface area contributed by atoms with Gasteiger partial charge in [0.15, 0.2) is 0 Å². The molecule has 2 saturated heterocycles. The first-order valence-electron chi connectivity index (χ1n) is 11.2. The van der Waals surface area contributed by atoms with Crippen LogP contribution in [0.5, 0.6) is 16.7 Å². The molecule has 7 nitrogen and oxygen atoms in total. The normalized spacial score (nSPS) is 19.9. The lowest BCUT2D eigenvalue weighted by molar-refractivity contribution is 0.0603. The van der Waals surface area contributed by atoms with Gasteiger partial charge in [0.1, 0.15) is 23.8 Å². The Morgan fingerprint density at radius 3 is 2.64 bits per heavy atom. The van der Waals surface area contributed by atoms with Crippen LogP contribution in [0, 0.1) is 0 Å². The van der Waals surface area contributed by atoms with E-state index < -0.39 is 0 Å². The average Bonchev–Trinajstić information content (AvgIpc) is 3.63. The van der Waals surface area contributed by atoms with E-state index in [0.717, 1.165) is 47.8 Å². The quantitative estimate of drug-likeness (QED) is 0.443. The average molecular weight is 461 g/mol. The highest BCUT2D eigenvalue weighted by atomic mass is 32.1. The Kier molecular flexibility index (Phi) is 5.24. The van der Waals surface area contributed by atoms with E-state index in [-0.39, 0.29) is 5.91 Å². The molecule has 2 fully saturated rings. The molecular formula is C25H24N4O3S. The maximum atomic E-state index is 12.6. The van der Waals surface area contributed by atoms with Gasteiger partial charge in [-0.15, -0.1) is 0 Å². The summed E-state index contributed by atoms with van der Waals surface area (Å²) < 4.78 is 13.0. The number of carbonyl (C=O) groups excluding carboxylic acids is 1. The summed E-state index contributed by atoms with van der Waals surface area (Å²) in [7, 11) is 0. The lowest BCUT2D eigenvalue weighted by Gasteiger charge is -2.33.